The molecule has 0 aliphatic carbocycles. The predicted octanol–water partition coefficient (Wildman–Crippen LogP) is 1.28. The minimum atomic E-state index is -0.813. The second kappa shape index (κ2) is 5.56. The second-order valence-electron chi connectivity index (χ2n) is 2.91. The summed E-state index contributed by atoms with van der Waals surface area (Å²) in [6, 6.07) is 0. The van der Waals surface area contributed by atoms with Crippen molar-refractivity contribution in [3.05, 3.63) is 0 Å². The van der Waals surface area contributed by atoms with Crippen LogP contribution in [0, 0.1) is 0 Å². The highest BCUT2D eigenvalue weighted by molar-refractivity contribution is 5.78. The standard InChI is InChI=1S/C9H16O4/c1-5-6(2)12-9(11)7(3)13-8(4)10/h6-7H,5H2,1-4H3. The monoisotopic (exact) mass is 188 g/mol. The van der Waals surface area contributed by atoms with Crippen molar-refractivity contribution >= 4 is 11.9 Å². The van der Waals surface area contributed by atoms with Gasteiger partial charge in [0.15, 0.2) is 6.10 Å². The van der Waals surface area contributed by atoms with Gasteiger partial charge in [0.1, 0.15) is 0 Å². The van der Waals surface area contributed by atoms with Crippen LogP contribution in [0.1, 0.15) is 34.1 Å². The van der Waals surface area contributed by atoms with Crippen LogP contribution in [0.2, 0.25) is 0 Å². The summed E-state index contributed by atoms with van der Waals surface area (Å²) in [6.45, 7) is 6.45. The molecule has 0 radical (unpaired) electrons. The fourth-order valence-electron chi connectivity index (χ4n) is 0.674. The normalized spacial score (nSPS) is 14.5. The first-order valence-electron chi connectivity index (χ1n) is 4.35. The molecule has 0 aliphatic rings. The zero-order chi connectivity index (χ0) is 10.4. The summed E-state index contributed by atoms with van der Waals surface area (Å²) < 4.78 is 9.59. The molecule has 0 aliphatic heterocycles. The Morgan fingerprint density at radius 3 is 2.15 bits per heavy atom. The maximum atomic E-state index is 11.1. The van der Waals surface area contributed by atoms with E-state index in [1.165, 1.54) is 13.8 Å². The number of carbonyl (C=O) groups excluding carboxylic acids is 2. The van der Waals surface area contributed by atoms with Crippen LogP contribution < -0.4 is 0 Å². The largest absolute Gasteiger partial charge is 0.460 e. The van der Waals surface area contributed by atoms with Crippen molar-refractivity contribution < 1.29 is 19.1 Å². The van der Waals surface area contributed by atoms with Gasteiger partial charge in [-0.2, -0.15) is 0 Å². The third kappa shape index (κ3) is 5.22. The highest BCUT2D eigenvalue weighted by atomic mass is 16.6. The molecular weight excluding hydrogens is 172 g/mol. The molecule has 0 saturated heterocycles. The van der Waals surface area contributed by atoms with E-state index in [-0.39, 0.29) is 6.10 Å². The molecule has 0 heterocycles. The molecule has 0 fully saturated rings. The number of hydrogen-bond acceptors (Lipinski definition) is 4. The number of hydrogen-bond donors (Lipinski definition) is 0. The fraction of sp³-hybridized carbons (Fsp3) is 0.778. The Bertz CT molecular complexity index is 188. The van der Waals surface area contributed by atoms with Gasteiger partial charge in [0.2, 0.25) is 0 Å². The van der Waals surface area contributed by atoms with Crippen LogP contribution in [0.4, 0.5) is 0 Å². The molecule has 0 saturated carbocycles. The lowest BCUT2D eigenvalue weighted by Crippen LogP contribution is -2.28. The summed E-state index contributed by atoms with van der Waals surface area (Å²) in [7, 11) is 0. The van der Waals surface area contributed by atoms with Gasteiger partial charge in [0.25, 0.3) is 0 Å². The van der Waals surface area contributed by atoms with Gasteiger partial charge in [-0.05, 0) is 20.3 Å². The molecule has 0 aromatic rings. The van der Waals surface area contributed by atoms with Gasteiger partial charge in [-0.15, -0.1) is 0 Å². The van der Waals surface area contributed by atoms with E-state index >= 15 is 0 Å². The third-order valence-corrected chi connectivity index (χ3v) is 1.57. The second-order valence-corrected chi connectivity index (χ2v) is 2.91. The lowest BCUT2D eigenvalue weighted by atomic mass is 10.3. The Labute approximate surface area is 78.2 Å². The average molecular weight is 188 g/mol. The van der Waals surface area contributed by atoms with Crippen molar-refractivity contribution in [2.45, 2.75) is 46.3 Å². The van der Waals surface area contributed by atoms with E-state index in [9.17, 15) is 9.59 Å². The van der Waals surface area contributed by atoms with Gasteiger partial charge in [0, 0.05) is 6.92 Å². The Kier molecular flexibility index (Phi) is 5.11. The van der Waals surface area contributed by atoms with Crippen LogP contribution in [0.3, 0.4) is 0 Å². The van der Waals surface area contributed by atoms with Crippen LogP contribution >= 0.6 is 0 Å². The Hall–Kier alpha value is -1.06. The summed E-state index contributed by atoms with van der Waals surface area (Å²) in [4.78, 5) is 21.6. The molecule has 2 atom stereocenters. The first-order valence-corrected chi connectivity index (χ1v) is 4.35. The molecule has 0 bridgehead atoms. The van der Waals surface area contributed by atoms with Crippen LogP contribution in [-0.4, -0.2) is 24.1 Å². The van der Waals surface area contributed by atoms with Crippen molar-refractivity contribution in [1.29, 1.82) is 0 Å². The molecule has 4 heteroatoms. The topological polar surface area (TPSA) is 52.6 Å². The van der Waals surface area contributed by atoms with Crippen molar-refractivity contribution in [3.8, 4) is 0 Å². The minimum absolute atomic E-state index is 0.134. The summed E-state index contributed by atoms with van der Waals surface area (Å²) in [5.41, 5.74) is 0. The number of esters is 2. The van der Waals surface area contributed by atoms with Gasteiger partial charge in [-0.1, -0.05) is 6.92 Å². The zero-order valence-electron chi connectivity index (χ0n) is 8.49. The number of carbonyl (C=O) groups is 2. The molecule has 2 unspecified atom stereocenters. The van der Waals surface area contributed by atoms with E-state index in [0.717, 1.165) is 6.42 Å². The average Bonchev–Trinajstić information content (AvgIpc) is 2.02. The van der Waals surface area contributed by atoms with Gasteiger partial charge >= 0.3 is 11.9 Å². The first-order chi connectivity index (χ1) is 5.97. The lowest BCUT2D eigenvalue weighted by Gasteiger charge is -2.15. The summed E-state index contributed by atoms with van der Waals surface area (Å²) in [6.07, 6.45) is -0.199. The van der Waals surface area contributed by atoms with E-state index in [1.54, 1.807) is 6.92 Å². The van der Waals surface area contributed by atoms with Crippen LogP contribution in [0.5, 0.6) is 0 Å². The molecule has 4 nitrogen and oxygen atoms in total. The molecule has 76 valence electrons. The molecule has 0 spiro atoms. The third-order valence-electron chi connectivity index (χ3n) is 1.57. The maximum absolute atomic E-state index is 11.1. The van der Waals surface area contributed by atoms with Crippen LogP contribution in [0.15, 0.2) is 0 Å². The molecular formula is C9H16O4. The zero-order valence-corrected chi connectivity index (χ0v) is 8.49. The van der Waals surface area contributed by atoms with E-state index in [1.807, 2.05) is 6.92 Å². The number of ether oxygens (including phenoxy) is 2. The van der Waals surface area contributed by atoms with Crippen molar-refractivity contribution in [2.24, 2.45) is 0 Å². The first kappa shape index (κ1) is 11.9. The SMILES string of the molecule is CCC(C)OC(=O)C(C)OC(C)=O. The molecule has 0 N–H and O–H groups in total. The smallest absolute Gasteiger partial charge is 0.347 e. The quantitative estimate of drug-likeness (QED) is 0.623. The molecule has 0 aromatic carbocycles. The highest BCUT2D eigenvalue weighted by Gasteiger charge is 2.18. The molecule has 13 heavy (non-hydrogen) atoms. The Balaban J connectivity index is 3.89. The van der Waals surface area contributed by atoms with Crippen molar-refractivity contribution in [3.63, 3.8) is 0 Å². The van der Waals surface area contributed by atoms with Crippen molar-refractivity contribution in [1.82, 2.24) is 0 Å². The highest BCUT2D eigenvalue weighted by Crippen LogP contribution is 2.01. The predicted molar refractivity (Wildman–Crippen MR) is 47.1 cm³/mol. The van der Waals surface area contributed by atoms with Gasteiger partial charge < -0.3 is 9.47 Å². The summed E-state index contributed by atoms with van der Waals surface area (Å²) in [5.74, 6) is -0.974. The van der Waals surface area contributed by atoms with E-state index < -0.39 is 18.0 Å². The van der Waals surface area contributed by atoms with Crippen molar-refractivity contribution in [2.75, 3.05) is 0 Å². The van der Waals surface area contributed by atoms with E-state index in [0.29, 0.717) is 0 Å². The maximum Gasteiger partial charge on any atom is 0.347 e. The summed E-state index contributed by atoms with van der Waals surface area (Å²) >= 11 is 0. The molecule has 0 aromatic heterocycles. The minimum Gasteiger partial charge on any atom is -0.460 e. The van der Waals surface area contributed by atoms with Crippen LogP contribution in [-0.2, 0) is 19.1 Å². The number of rotatable bonds is 4. The summed E-state index contributed by atoms with van der Waals surface area (Å²) in [5, 5.41) is 0. The van der Waals surface area contributed by atoms with Gasteiger partial charge in [-0.25, -0.2) is 4.79 Å². The lowest BCUT2D eigenvalue weighted by molar-refractivity contribution is -0.168. The van der Waals surface area contributed by atoms with Gasteiger partial charge in [0.05, 0.1) is 6.10 Å². The van der Waals surface area contributed by atoms with Crippen LogP contribution in [0.25, 0.3) is 0 Å². The fourth-order valence-corrected chi connectivity index (χ4v) is 0.674. The van der Waals surface area contributed by atoms with E-state index in [4.69, 9.17) is 4.74 Å². The van der Waals surface area contributed by atoms with Gasteiger partial charge in [-0.3, -0.25) is 4.79 Å². The van der Waals surface area contributed by atoms with E-state index in [2.05, 4.69) is 4.74 Å². The molecule has 0 amide bonds. The Morgan fingerprint density at radius 1 is 1.23 bits per heavy atom. The molecule has 0 rings (SSSR count). The Morgan fingerprint density at radius 2 is 1.77 bits per heavy atom.